The molecule has 0 radical (unpaired) electrons. The van der Waals surface area contributed by atoms with E-state index in [1.165, 1.54) is 31.5 Å². The van der Waals surface area contributed by atoms with E-state index in [-0.39, 0.29) is 5.91 Å². The third kappa shape index (κ3) is 5.60. The van der Waals surface area contributed by atoms with E-state index in [9.17, 15) is 4.79 Å². The monoisotopic (exact) mass is 331 g/mol. The van der Waals surface area contributed by atoms with Gasteiger partial charge in [0.2, 0.25) is 5.91 Å². The number of rotatable bonds is 7. The molecule has 1 aromatic rings. The van der Waals surface area contributed by atoms with Crippen molar-refractivity contribution >= 4 is 5.91 Å². The van der Waals surface area contributed by atoms with E-state index in [1.54, 1.807) is 6.92 Å². The standard InChI is InChI=1S/C20H33N3O/c1-4-10-20(3,21)19(24)22-14-17-6-5-7-18(13-17)15-23-11-8-16(2)9-12-23/h5-7,13,16H,4,8-12,14-15,21H2,1-3H3,(H,22,24). The highest BCUT2D eigenvalue weighted by atomic mass is 16.2. The fourth-order valence-corrected chi connectivity index (χ4v) is 3.33. The molecule has 3 N–H and O–H groups in total. The van der Waals surface area contributed by atoms with Crippen molar-refractivity contribution in [2.75, 3.05) is 13.1 Å². The molecule has 134 valence electrons. The average Bonchev–Trinajstić information content (AvgIpc) is 2.55. The minimum absolute atomic E-state index is 0.0697. The van der Waals surface area contributed by atoms with Crippen molar-refractivity contribution in [3.05, 3.63) is 35.4 Å². The van der Waals surface area contributed by atoms with Crippen LogP contribution in [0, 0.1) is 5.92 Å². The fourth-order valence-electron chi connectivity index (χ4n) is 3.33. The van der Waals surface area contributed by atoms with E-state index in [0.717, 1.165) is 24.4 Å². The maximum atomic E-state index is 12.2. The number of piperidine rings is 1. The molecule has 0 bridgehead atoms. The van der Waals surface area contributed by atoms with E-state index in [4.69, 9.17) is 5.73 Å². The Hall–Kier alpha value is -1.39. The highest BCUT2D eigenvalue weighted by molar-refractivity contribution is 5.85. The third-order valence-electron chi connectivity index (χ3n) is 5.01. The molecule has 2 rings (SSSR count). The first-order chi connectivity index (χ1) is 11.4. The van der Waals surface area contributed by atoms with Crippen LogP contribution in [-0.2, 0) is 17.9 Å². The molecule has 1 heterocycles. The minimum atomic E-state index is -0.781. The molecule has 1 unspecified atom stereocenters. The Balaban J connectivity index is 1.87. The summed E-state index contributed by atoms with van der Waals surface area (Å²) in [6.45, 7) is 10.1. The number of amides is 1. The Labute approximate surface area is 146 Å². The maximum Gasteiger partial charge on any atom is 0.240 e. The molecule has 1 fully saturated rings. The number of carbonyl (C=O) groups excluding carboxylic acids is 1. The van der Waals surface area contributed by atoms with Gasteiger partial charge in [0.15, 0.2) is 0 Å². The Bertz CT molecular complexity index is 533. The van der Waals surface area contributed by atoms with Gasteiger partial charge in [0.05, 0.1) is 5.54 Å². The van der Waals surface area contributed by atoms with Gasteiger partial charge < -0.3 is 11.1 Å². The highest BCUT2D eigenvalue weighted by Crippen LogP contribution is 2.18. The van der Waals surface area contributed by atoms with Gasteiger partial charge in [-0.05, 0) is 56.3 Å². The molecule has 1 atom stereocenters. The lowest BCUT2D eigenvalue weighted by Gasteiger charge is -2.30. The molecule has 1 aliphatic rings. The van der Waals surface area contributed by atoms with E-state index in [2.05, 4.69) is 41.4 Å². The quantitative estimate of drug-likeness (QED) is 0.807. The molecule has 1 saturated heterocycles. The molecule has 1 aliphatic heterocycles. The SMILES string of the molecule is CCCC(C)(N)C(=O)NCc1cccc(CN2CCC(C)CC2)c1. The molecule has 0 aromatic heterocycles. The fraction of sp³-hybridized carbons (Fsp3) is 0.650. The average molecular weight is 332 g/mol. The number of nitrogens with one attached hydrogen (secondary N) is 1. The third-order valence-corrected chi connectivity index (χ3v) is 5.01. The zero-order valence-electron chi connectivity index (χ0n) is 15.5. The molecular weight excluding hydrogens is 298 g/mol. The summed E-state index contributed by atoms with van der Waals surface area (Å²) in [4.78, 5) is 14.7. The van der Waals surface area contributed by atoms with Crippen LogP contribution in [0.2, 0.25) is 0 Å². The first-order valence-corrected chi connectivity index (χ1v) is 9.28. The molecule has 24 heavy (non-hydrogen) atoms. The summed E-state index contributed by atoms with van der Waals surface area (Å²) in [6.07, 6.45) is 4.20. The molecular formula is C20H33N3O. The Morgan fingerprint density at radius 1 is 1.33 bits per heavy atom. The Morgan fingerprint density at radius 3 is 2.67 bits per heavy atom. The van der Waals surface area contributed by atoms with Gasteiger partial charge in [0.1, 0.15) is 0 Å². The number of nitrogens with zero attached hydrogens (tertiary/aromatic N) is 1. The first kappa shape index (κ1) is 18.9. The molecule has 1 amide bonds. The first-order valence-electron chi connectivity index (χ1n) is 9.28. The summed E-state index contributed by atoms with van der Waals surface area (Å²) >= 11 is 0. The number of likely N-dealkylation sites (tertiary alicyclic amines) is 1. The van der Waals surface area contributed by atoms with Crippen LogP contribution in [-0.4, -0.2) is 29.4 Å². The summed E-state index contributed by atoms with van der Waals surface area (Å²) in [5.41, 5.74) is 7.76. The van der Waals surface area contributed by atoms with Crippen LogP contribution in [0.4, 0.5) is 0 Å². The smallest absolute Gasteiger partial charge is 0.240 e. The normalized spacial score (nSPS) is 19.0. The summed E-state index contributed by atoms with van der Waals surface area (Å²) in [7, 11) is 0. The zero-order chi connectivity index (χ0) is 17.6. The van der Waals surface area contributed by atoms with Crippen LogP contribution in [0.25, 0.3) is 0 Å². The van der Waals surface area contributed by atoms with Crippen molar-refractivity contribution in [2.24, 2.45) is 11.7 Å². The lowest BCUT2D eigenvalue weighted by Crippen LogP contribution is -2.51. The van der Waals surface area contributed by atoms with Crippen molar-refractivity contribution in [1.82, 2.24) is 10.2 Å². The van der Waals surface area contributed by atoms with Crippen molar-refractivity contribution in [3.8, 4) is 0 Å². The summed E-state index contributed by atoms with van der Waals surface area (Å²) in [5, 5.41) is 2.98. The topological polar surface area (TPSA) is 58.4 Å². The second-order valence-electron chi connectivity index (χ2n) is 7.63. The summed E-state index contributed by atoms with van der Waals surface area (Å²) < 4.78 is 0. The summed E-state index contributed by atoms with van der Waals surface area (Å²) in [6, 6.07) is 8.52. The molecule has 4 heteroatoms. The van der Waals surface area contributed by atoms with Gasteiger partial charge in [-0.15, -0.1) is 0 Å². The maximum absolute atomic E-state index is 12.2. The predicted octanol–water partition coefficient (Wildman–Crippen LogP) is 3.05. The van der Waals surface area contributed by atoms with Crippen LogP contribution < -0.4 is 11.1 Å². The van der Waals surface area contributed by atoms with Crippen LogP contribution >= 0.6 is 0 Å². The van der Waals surface area contributed by atoms with E-state index >= 15 is 0 Å². The molecule has 0 spiro atoms. The number of nitrogens with two attached hydrogens (primary N) is 1. The van der Waals surface area contributed by atoms with E-state index in [0.29, 0.717) is 13.0 Å². The Kier molecular flexibility index (Phi) is 6.81. The molecule has 4 nitrogen and oxygen atoms in total. The van der Waals surface area contributed by atoms with Gasteiger partial charge in [-0.2, -0.15) is 0 Å². The highest BCUT2D eigenvalue weighted by Gasteiger charge is 2.26. The molecule has 0 saturated carbocycles. The van der Waals surface area contributed by atoms with Crippen molar-refractivity contribution in [3.63, 3.8) is 0 Å². The lowest BCUT2D eigenvalue weighted by atomic mass is 9.96. The largest absolute Gasteiger partial charge is 0.350 e. The van der Waals surface area contributed by atoms with Crippen molar-refractivity contribution in [2.45, 2.75) is 65.1 Å². The van der Waals surface area contributed by atoms with Gasteiger partial charge in [-0.1, -0.05) is 44.5 Å². The van der Waals surface area contributed by atoms with Gasteiger partial charge in [-0.3, -0.25) is 9.69 Å². The van der Waals surface area contributed by atoms with E-state index in [1.807, 2.05) is 6.92 Å². The van der Waals surface area contributed by atoms with Crippen LogP contribution in [0.15, 0.2) is 24.3 Å². The van der Waals surface area contributed by atoms with Gasteiger partial charge in [-0.25, -0.2) is 0 Å². The van der Waals surface area contributed by atoms with Gasteiger partial charge >= 0.3 is 0 Å². The number of carbonyl (C=O) groups is 1. The van der Waals surface area contributed by atoms with Crippen LogP contribution in [0.1, 0.15) is 57.6 Å². The summed E-state index contributed by atoms with van der Waals surface area (Å²) in [5.74, 6) is 0.788. The van der Waals surface area contributed by atoms with E-state index < -0.39 is 5.54 Å². The lowest BCUT2D eigenvalue weighted by molar-refractivity contribution is -0.126. The van der Waals surface area contributed by atoms with Crippen molar-refractivity contribution < 1.29 is 4.79 Å². The minimum Gasteiger partial charge on any atom is -0.350 e. The van der Waals surface area contributed by atoms with Crippen molar-refractivity contribution in [1.29, 1.82) is 0 Å². The zero-order valence-corrected chi connectivity index (χ0v) is 15.5. The Morgan fingerprint density at radius 2 is 2.00 bits per heavy atom. The second kappa shape index (κ2) is 8.63. The molecule has 0 aliphatic carbocycles. The van der Waals surface area contributed by atoms with Crippen LogP contribution in [0.5, 0.6) is 0 Å². The molecule has 1 aromatic carbocycles. The van der Waals surface area contributed by atoms with Crippen LogP contribution in [0.3, 0.4) is 0 Å². The van der Waals surface area contributed by atoms with Gasteiger partial charge in [0.25, 0.3) is 0 Å². The number of hydrogen-bond donors (Lipinski definition) is 2. The van der Waals surface area contributed by atoms with Gasteiger partial charge in [0, 0.05) is 13.1 Å². The second-order valence-corrected chi connectivity index (χ2v) is 7.63. The predicted molar refractivity (Wildman–Crippen MR) is 99.5 cm³/mol. The number of benzene rings is 1. The number of hydrogen-bond acceptors (Lipinski definition) is 3.